The highest BCUT2D eigenvalue weighted by Gasteiger charge is 2.51. The Kier molecular flexibility index (Phi) is 24.2. The molecule has 0 bridgehead atoms. The zero-order valence-electron chi connectivity index (χ0n) is 49.1. The van der Waals surface area contributed by atoms with E-state index in [1.807, 2.05) is 60.7 Å². The van der Waals surface area contributed by atoms with E-state index >= 15 is 0 Å². The molecule has 8 heterocycles. The normalized spacial score (nSPS) is 16.3. The summed E-state index contributed by atoms with van der Waals surface area (Å²) in [7, 11) is -0.00582. The van der Waals surface area contributed by atoms with Gasteiger partial charge in [-0.15, -0.1) is 9.18 Å². The number of benzene rings is 2. The third-order valence-electron chi connectivity index (χ3n) is 14.0. The van der Waals surface area contributed by atoms with Gasteiger partial charge in [-0.3, -0.25) is 9.59 Å². The Bertz CT molecular complexity index is 3810. The summed E-state index contributed by atoms with van der Waals surface area (Å²) in [6.45, 7) is 6.64. The second-order valence-corrected chi connectivity index (χ2v) is 19.6. The van der Waals surface area contributed by atoms with Gasteiger partial charge in [-0.25, -0.2) is 29.1 Å². The number of aromatic nitrogens is 4. The molecule has 4 aliphatic rings. The standard InChI is InChI=1S/C28H29N5O8.C20H16N2O4.C8H15N3O5.CH4N3P/c1-2-28(41-24(34)17-39-12-11-38-10-9-37-8-7-30-32-29)21-14-23-25-19(13-18-5-3-4-6-22(18)31-25)15-33(23)26(35)20(21)16-40-27(28)36;1-2-20(25)14-8-16-17-12(7-11-5-3-4-6-15(11)21-17)9-22(16)18(23)13(14)10-26-19(20)24;9-11-10-1-2-14-3-4-15-5-6-16-7-8(12)13;2-4-3-1-5/h3-6,13-14H,2,7-12,15-17H2,1H3;3-8,25H,2,9-10H2,1H3;1-7H2,(H,12,13);1,5H2/t28-;20-;;/m00../s1/i;;;5T. The van der Waals surface area contributed by atoms with Crippen molar-refractivity contribution in [3.8, 4) is 22.8 Å². The van der Waals surface area contributed by atoms with E-state index in [4.69, 9.17) is 75.6 Å². The van der Waals surface area contributed by atoms with E-state index in [0.29, 0.717) is 106 Å². The summed E-state index contributed by atoms with van der Waals surface area (Å²) in [5.74, 6) is -3.22. The molecule has 4 aromatic heterocycles. The third kappa shape index (κ3) is 16.2. The Hall–Kier alpha value is -8.88. The Labute approximate surface area is 504 Å². The number of aliphatic hydroxyl groups is 1. The van der Waals surface area contributed by atoms with Gasteiger partial charge in [0.1, 0.15) is 26.4 Å². The first-order valence-electron chi connectivity index (χ1n) is 28.2. The molecule has 6 aromatic rings. The Balaban J connectivity index is 0.000000199. The van der Waals surface area contributed by atoms with Gasteiger partial charge in [0.15, 0.2) is 5.60 Å². The summed E-state index contributed by atoms with van der Waals surface area (Å²) < 4.78 is 56.7. The number of esters is 3. The summed E-state index contributed by atoms with van der Waals surface area (Å²) in [5, 5.41) is 30.8. The lowest BCUT2D eigenvalue weighted by atomic mass is 9.85. The van der Waals surface area contributed by atoms with Gasteiger partial charge in [-0.1, -0.05) is 65.6 Å². The Morgan fingerprint density at radius 2 is 1.09 bits per heavy atom. The number of carboxylic acid groups (broad SMARTS) is 1. The molecule has 3 atom stereocenters. The molecule has 0 fully saturated rings. The third-order valence-corrected chi connectivity index (χ3v) is 14.1. The molecule has 31 heteroatoms. The molecule has 0 amide bonds. The maximum absolute atomic E-state index is 13.6. The van der Waals surface area contributed by atoms with Crippen LogP contribution in [0.3, 0.4) is 0 Å². The van der Waals surface area contributed by atoms with Gasteiger partial charge in [0.25, 0.3) is 11.1 Å². The second kappa shape index (κ2) is 32.7. The second-order valence-electron chi connectivity index (χ2n) is 19.3. The fraction of sp³-hybridized carbons (Fsp3) is 0.439. The first-order chi connectivity index (χ1) is 43.2. The topological polar surface area (TPSA) is 408 Å². The van der Waals surface area contributed by atoms with Crippen molar-refractivity contribution in [3.63, 3.8) is 0 Å². The predicted octanol–water partition coefficient (Wildman–Crippen LogP) is 6.63. The zero-order chi connectivity index (χ0) is 63.8. The van der Waals surface area contributed by atoms with Crippen LogP contribution in [0.1, 0.15) is 60.1 Å². The van der Waals surface area contributed by atoms with Gasteiger partial charge in [-0.05, 0) is 65.8 Å². The fourth-order valence-corrected chi connectivity index (χ4v) is 9.82. The van der Waals surface area contributed by atoms with Crippen LogP contribution in [0.2, 0.25) is 0 Å². The fourth-order valence-electron chi connectivity index (χ4n) is 9.76. The molecule has 30 nitrogen and oxygen atoms in total. The lowest BCUT2D eigenvalue weighted by molar-refractivity contribution is -0.192. The average Bonchev–Trinajstić information content (AvgIpc) is 1.70. The molecular formula is C57H64N13O17P. The zero-order valence-corrected chi connectivity index (χ0v) is 49.1. The highest BCUT2D eigenvalue weighted by Crippen LogP contribution is 2.42. The van der Waals surface area contributed by atoms with Crippen molar-refractivity contribution in [2.75, 3.05) is 98.7 Å². The molecule has 2 N–H and O–H groups in total. The maximum Gasteiger partial charge on any atom is 0.355 e. The number of ether oxygens (including phenoxy) is 9. The molecule has 0 spiro atoms. The van der Waals surface area contributed by atoms with Crippen molar-refractivity contribution in [1.82, 2.24) is 19.1 Å². The van der Waals surface area contributed by atoms with Gasteiger partial charge in [0.2, 0.25) is 5.60 Å². The number of rotatable bonds is 27. The van der Waals surface area contributed by atoms with Crippen molar-refractivity contribution >= 4 is 54.9 Å². The number of carboxylic acids is 1. The minimum Gasteiger partial charge on any atom is -0.480 e. The quantitative estimate of drug-likeness (QED) is 0.0104. The van der Waals surface area contributed by atoms with Crippen LogP contribution >= 0.6 is 9.18 Å². The van der Waals surface area contributed by atoms with Crippen molar-refractivity contribution in [3.05, 3.63) is 158 Å². The number of hydrogen-bond acceptors (Lipinski definition) is 21. The van der Waals surface area contributed by atoms with Crippen LogP contribution in [-0.4, -0.2) is 153 Å². The molecule has 0 radical (unpaired) electrons. The number of hydrogen-bond donors (Lipinski definition) is 2. The Morgan fingerprint density at radius 3 is 1.56 bits per heavy atom. The predicted molar refractivity (Wildman–Crippen MR) is 317 cm³/mol. The summed E-state index contributed by atoms with van der Waals surface area (Å²) in [5.41, 5.74) is 26.9. The lowest BCUT2D eigenvalue weighted by Crippen LogP contribution is -2.48. The van der Waals surface area contributed by atoms with E-state index in [2.05, 4.69) is 30.1 Å². The summed E-state index contributed by atoms with van der Waals surface area (Å²) >= 11 is 0. The minimum atomic E-state index is -1.79. The molecule has 1 unspecified atom stereocenters. The largest absolute Gasteiger partial charge is 0.480 e. The molecule has 0 saturated heterocycles. The molecule has 0 aliphatic carbocycles. The number of para-hydroxylation sites is 2. The van der Waals surface area contributed by atoms with Crippen molar-refractivity contribution in [2.45, 2.75) is 64.2 Å². The van der Waals surface area contributed by atoms with E-state index < -0.39 is 41.7 Å². The van der Waals surface area contributed by atoms with Crippen LogP contribution in [0.4, 0.5) is 0 Å². The number of carbonyl (C=O) groups is 4. The van der Waals surface area contributed by atoms with Crippen LogP contribution in [0.15, 0.2) is 97.7 Å². The highest BCUT2D eigenvalue weighted by atomic mass is 31.0. The van der Waals surface area contributed by atoms with E-state index in [1.54, 1.807) is 35.1 Å². The lowest BCUT2D eigenvalue weighted by Gasteiger charge is -2.35. The molecule has 464 valence electrons. The number of cyclic esters (lactones) is 2. The van der Waals surface area contributed by atoms with E-state index in [1.165, 1.54) is 0 Å². The molecular weight excluding hydrogens is 1170 g/mol. The highest BCUT2D eigenvalue weighted by molar-refractivity contribution is 7.16. The first kappa shape index (κ1) is 65.1. The van der Waals surface area contributed by atoms with Crippen LogP contribution in [0.25, 0.3) is 75.9 Å². The number of nitrogens with zero attached hydrogens (tertiary/aromatic N) is 13. The summed E-state index contributed by atoms with van der Waals surface area (Å²) in [6, 6.07) is 23.0. The molecule has 88 heavy (non-hydrogen) atoms. The SMILES string of the molecule is CC[C@@]1(O)C(=O)OCc2c1cc1n(c2=O)Cc2cc3ccccc3nc2-1.CC[C@@]1(OC(=O)COCCOCCOCCN=[N+]=[N-])C(=O)OCc2c1cc1n(c2=O)Cc2cc3ccccc3nc2-1.[3H]PCN=[N+]=[N-].[N-]=[N+]=NCCOCCOCCOCC(=O)O. The van der Waals surface area contributed by atoms with E-state index in [9.17, 15) is 33.9 Å². The molecule has 10 rings (SSSR count). The van der Waals surface area contributed by atoms with E-state index in [-0.39, 0.29) is 84.9 Å². The van der Waals surface area contributed by atoms with Gasteiger partial charge < -0.3 is 62.0 Å². The monoisotopic (exact) mass is 1240 g/mol. The van der Waals surface area contributed by atoms with Crippen LogP contribution in [-0.2, 0) is 99.3 Å². The van der Waals surface area contributed by atoms with Gasteiger partial charge in [0, 0.05) is 67.1 Å². The Morgan fingerprint density at radius 1 is 0.636 bits per heavy atom. The summed E-state index contributed by atoms with van der Waals surface area (Å²) in [6.07, 6.45) is 0.518. The molecule has 2 aromatic carbocycles. The van der Waals surface area contributed by atoms with Gasteiger partial charge in [0.05, 0.1) is 125 Å². The summed E-state index contributed by atoms with van der Waals surface area (Å²) in [4.78, 5) is 91.9. The molecule has 4 aliphatic heterocycles. The first-order valence-corrected chi connectivity index (χ1v) is 28.4. The minimum absolute atomic E-state index is 0.00582. The number of fused-ring (bicyclic) bond motifs is 10. The molecule has 0 saturated carbocycles. The van der Waals surface area contributed by atoms with Crippen molar-refractivity contribution < 1.29 is 72.0 Å². The smallest absolute Gasteiger partial charge is 0.355 e. The van der Waals surface area contributed by atoms with Gasteiger partial charge in [-0.2, -0.15) is 0 Å². The number of carbonyl (C=O) groups excluding carboxylic acids is 3. The van der Waals surface area contributed by atoms with Crippen molar-refractivity contribution in [1.29, 1.82) is 1.28 Å². The van der Waals surface area contributed by atoms with E-state index in [0.717, 1.165) is 38.6 Å². The van der Waals surface area contributed by atoms with Crippen LogP contribution in [0, 0.1) is 0 Å². The number of pyridine rings is 4. The maximum atomic E-state index is 13.6. The van der Waals surface area contributed by atoms with Crippen LogP contribution < -0.4 is 11.1 Å². The van der Waals surface area contributed by atoms with Crippen molar-refractivity contribution in [2.24, 2.45) is 15.3 Å². The average molecular weight is 1240 g/mol. The van der Waals surface area contributed by atoms with Gasteiger partial charge >= 0.3 is 23.9 Å². The number of azide groups is 3. The van der Waals surface area contributed by atoms with Crippen LogP contribution in [0.5, 0.6) is 0 Å². The number of aliphatic carboxylic acids is 1.